The summed E-state index contributed by atoms with van der Waals surface area (Å²) in [5.41, 5.74) is 0.494. The monoisotopic (exact) mass is 258 g/mol. The molecule has 2 aromatic rings. The molecule has 2 aromatic heterocycles. The van der Waals surface area contributed by atoms with E-state index in [2.05, 4.69) is 21.9 Å². The Kier molecular flexibility index (Phi) is 1.72. The fourth-order valence-electron chi connectivity index (χ4n) is 2.99. The van der Waals surface area contributed by atoms with Crippen molar-refractivity contribution < 1.29 is 9.21 Å². The molecule has 3 fully saturated rings. The van der Waals surface area contributed by atoms with E-state index in [-0.39, 0.29) is 11.8 Å². The first-order valence-corrected chi connectivity index (χ1v) is 5.94. The van der Waals surface area contributed by atoms with Crippen LogP contribution < -0.4 is 11.1 Å². The van der Waals surface area contributed by atoms with E-state index in [4.69, 9.17) is 4.42 Å². The second kappa shape index (κ2) is 3.11. The van der Waals surface area contributed by atoms with Gasteiger partial charge in [0, 0.05) is 11.6 Å². The topological polar surface area (TPSA) is 90.0 Å². The molecule has 7 heteroatoms. The van der Waals surface area contributed by atoms with Gasteiger partial charge >= 0.3 is 5.76 Å². The van der Waals surface area contributed by atoms with Crippen LogP contribution in [0.15, 0.2) is 34.0 Å². The number of aromatic nitrogens is 3. The number of oxazole rings is 1. The first-order valence-electron chi connectivity index (χ1n) is 5.94. The lowest BCUT2D eigenvalue weighted by Gasteiger charge is -2.51. The predicted molar refractivity (Wildman–Crippen MR) is 64.0 cm³/mol. The van der Waals surface area contributed by atoms with E-state index in [1.807, 2.05) is 0 Å². The highest BCUT2D eigenvalue weighted by Crippen LogP contribution is 2.50. The van der Waals surface area contributed by atoms with Crippen LogP contribution in [0, 0.1) is 5.92 Å². The fraction of sp³-hybridized carbons (Fsp3) is 0.333. The van der Waals surface area contributed by atoms with Gasteiger partial charge in [-0.05, 0) is 12.8 Å². The number of nitrogens with zero attached hydrogens (tertiary/aromatic N) is 3. The first-order chi connectivity index (χ1) is 9.12. The zero-order chi connectivity index (χ0) is 13.2. The molecule has 1 N–H and O–H groups in total. The highest BCUT2D eigenvalue weighted by molar-refractivity contribution is 5.90. The predicted octanol–water partition coefficient (Wildman–Crippen LogP) is 0.133. The minimum atomic E-state index is -0.886. The highest BCUT2D eigenvalue weighted by Gasteiger charge is 2.58. The third-order valence-corrected chi connectivity index (χ3v) is 4.04. The number of carbonyl (C=O) groups excluding carboxylic acids is 1. The van der Waals surface area contributed by atoms with Crippen LogP contribution >= 0.6 is 0 Å². The van der Waals surface area contributed by atoms with Gasteiger partial charge in [-0.1, -0.05) is 6.58 Å². The summed E-state index contributed by atoms with van der Waals surface area (Å²) in [6, 6.07) is 0. The quantitative estimate of drug-likeness (QED) is 0.785. The van der Waals surface area contributed by atoms with Crippen LogP contribution in [0.1, 0.15) is 12.8 Å². The molecule has 2 bridgehead atoms. The van der Waals surface area contributed by atoms with Crippen LogP contribution in [0.3, 0.4) is 0 Å². The molecule has 1 aliphatic carbocycles. The molecule has 0 atom stereocenters. The Labute approximate surface area is 107 Å². The van der Waals surface area contributed by atoms with Crippen LogP contribution in [0.25, 0.3) is 11.2 Å². The van der Waals surface area contributed by atoms with Gasteiger partial charge in [0.15, 0.2) is 11.2 Å². The molecule has 1 amide bonds. The maximum Gasteiger partial charge on any atom is 0.422 e. The van der Waals surface area contributed by atoms with Crippen LogP contribution in [0.5, 0.6) is 0 Å². The van der Waals surface area contributed by atoms with Crippen molar-refractivity contribution in [3.05, 3.63) is 35.4 Å². The lowest BCUT2D eigenvalue weighted by Crippen LogP contribution is -2.64. The number of fused-ring (bicyclic) bond motifs is 3. The third kappa shape index (κ3) is 1.12. The van der Waals surface area contributed by atoms with Gasteiger partial charge in [0.25, 0.3) is 5.91 Å². The molecule has 0 aromatic carbocycles. The minimum Gasteiger partial charge on any atom is -0.404 e. The van der Waals surface area contributed by atoms with Gasteiger partial charge in [-0.15, -0.1) is 0 Å². The zero-order valence-electron chi connectivity index (χ0n) is 9.92. The van der Waals surface area contributed by atoms with Gasteiger partial charge < -0.3 is 9.73 Å². The minimum absolute atomic E-state index is 0.219. The molecule has 3 aliphatic rings. The van der Waals surface area contributed by atoms with Crippen molar-refractivity contribution in [1.82, 2.24) is 19.9 Å². The Bertz CT molecular complexity index is 782. The molecule has 4 heterocycles. The molecule has 19 heavy (non-hydrogen) atoms. The Morgan fingerprint density at radius 3 is 3.00 bits per heavy atom. The van der Waals surface area contributed by atoms with Gasteiger partial charge in [0.05, 0.1) is 6.20 Å². The summed E-state index contributed by atoms with van der Waals surface area (Å²) in [5, 5.41) is 2.72. The first kappa shape index (κ1) is 10.5. The molecule has 1 saturated carbocycles. The van der Waals surface area contributed by atoms with Crippen LogP contribution in [0.2, 0.25) is 0 Å². The molecule has 0 radical (unpaired) electrons. The second-order valence-electron chi connectivity index (χ2n) is 5.03. The van der Waals surface area contributed by atoms with E-state index in [1.165, 1.54) is 17.1 Å². The fourth-order valence-corrected chi connectivity index (χ4v) is 2.99. The Hall–Kier alpha value is -2.44. The van der Waals surface area contributed by atoms with Crippen LogP contribution in [-0.4, -0.2) is 20.4 Å². The van der Waals surface area contributed by atoms with Crippen molar-refractivity contribution in [3.8, 4) is 0 Å². The summed E-state index contributed by atoms with van der Waals surface area (Å²) < 4.78 is 6.45. The SMILES string of the molecule is C=C1NC(=O)C2(n3c(=O)oc4cncnc43)CC1C2. The van der Waals surface area contributed by atoms with E-state index in [0.29, 0.717) is 24.1 Å². The molecule has 0 unspecified atom stereocenters. The molecule has 2 saturated heterocycles. The molecule has 0 spiro atoms. The lowest BCUT2D eigenvalue weighted by atomic mass is 9.63. The Morgan fingerprint density at radius 2 is 2.26 bits per heavy atom. The van der Waals surface area contributed by atoms with Gasteiger partial charge in [-0.3, -0.25) is 4.79 Å². The Balaban J connectivity index is 1.97. The van der Waals surface area contributed by atoms with Gasteiger partial charge in [0.2, 0.25) is 0 Å². The summed E-state index contributed by atoms with van der Waals surface area (Å²) in [7, 11) is 0. The third-order valence-electron chi connectivity index (χ3n) is 4.04. The van der Waals surface area contributed by atoms with Crippen LogP contribution in [0.4, 0.5) is 0 Å². The number of nitrogens with one attached hydrogen (secondary N) is 1. The average molecular weight is 258 g/mol. The van der Waals surface area contributed by atoms with Crippen molar-refractivity contribution in [2.75, 3.05) is 0 Å². The van der Waals surface area contributed by atoms with E-state index in [9.17, 15) is 9.59 Å². The van der Waals surface area contributed by atoms with Crippen molar-refractivity contribution in [2.24, 2.45) is 5.92 Å². The standard InChI is InChI=1S/C12H10N4O3/c1-6-7-2-12(3-7,10(17)15-6)16-9-8(19-11(16)18)4-13-5-14-9/h4-5,7H,1-3H2,(H,15,17). The maximum atomic E-state index is 12.2. The van der Waals surface area contributed by atoms with Crippen molar-refractivity contribution >= 4 is 17.1 Å². The van der Waals surface area contributed by atoms with E-state index in [1.54, 1.807) is 0 Å². The van der Waals surface area contributed by atoms with Gasteiger partial charge in [-0.2, -0.15) is 0 Å². The number of hydrogen-bond acceptors (Lipinski definition) is 5. The lowest BCUT2D eigenvalue weighted by molar-refractivity contribution is -0.140. The number of piperidine rings is 2. The number of rotatable bonds is 1. The van der Waals surface area contributed by atoms with Gasteiger partial charge in [0.1, 0.15) is 11.9 Å². The Morgan fingerprint density at radius 1 is 1.47 bits per heavy atom. The maximum absolute atomic E-state index is 12.2. The smallest absolute Gasteiger partial charge is 0.404 e. The molecule has 7 nitrogen and oxygen atoms in total. The summed E-state index contributed by atoms with van der Waals surface area (Å²) in [5.74, 6) is -0.573. The van der Waals surface area contributed by atoms with Crippen LogP contribution in [-0.2, 0) is 10.3 Å². The van der Waals surface area contributed by atoms with E-state index >= 15 is 0 Å². The summed E-state index contributed by atoms with van der Waals surface area (Å²) in [6.07, 6.45) is 3.89. The molecular weight excluding hydrogens is 248 g/mol. The number of amides is 1. The average Bonchev–Trinajstić information content (AvgIpc) is 2.64. The molecule has 5 rings (SSSR count). The van der Waals surface area contributed by atoms with Gasteiger partial charge in [-0.25, -0.2) is 19.3 Å². The molecular formula is C12H10N4O3. The number of hydrogen-bond donors (Lipinski definition) is 1. The normalized spacial score (nSPS) is 29.2. The summed E-state index contributed by atoms with van der Waals surface area (Å²) in [6.45, 7) is 3.81. The van der Waals surface area contributed by atoms with Crippen molar-refractivity contribution in [3.63, 3.8) is 0 Å². The summed E-state index contributed by atoms with van der Waals surface area (Å²) >= 11 is 0. The zero-order valence-corrected chi connectivity index (χ0v) is 9.92. The summed E-state index contributed by atoms with van der Waals surface area (Å²) in [4.78, 5) is 32.1. The van der Waals surface area contributed by atoms with E-state index < -0.39 is 11.3 Å². The second-order valence-corrected chi connectivity index (χ2v) is 5.03. The molecule has 96 valence electrons. The van der Waals surface area contributed by atoms with E-state index in [0.717, 1.165) is 5.70 Å². The van der Waals surface area contributed by atoms with Crippen molar-refractivity contribution in [1.29, 1.82) is 0 Å². The number of carbonyl (C=O) groups is 1. The molecule has 2 aliphatic heterocycles. The largest absolute Gasteiger partial charge is 0.422 e. The highest BCUT2D eigenvalue weighted by atomic mass is 16.4. The number of allylic oxidation sites excluding steroid dienone is 1. The van der Waals surface area contributed by atoms with Crippen molar-refractivity contribution in [2.45, 2.75) is 18.4 Å².